The zero-order valence-electron chi connectivity index (χ0n) is 15.5. The van der Waals surface area contributed by atoms with Crippen LogP contribution in [0.25, 0.3) is 0 Å². The molecule has 2 N–H and O–H groups in total. The first-order valence-corrected chi connectivity index (χ1v) is 10.4. The molecule has 8 heteroatoms. The fourth-order valence-electron chi connectivity index (χ4n) is 2.57. The maximum Gasteiger partial charge on any atom is 0.234 e. The van der Waals surface area contributed by atoms with Gasteiger partial charge < -0.3 is 10.6 Å². The second-order valence-electron chi connectivity index (χ2n) is 6.08. The van der Waals surface area contributed by atoms with Crippen LogP contribution < -0.4 is 10.6 Å². The lowest BCUT2D eigenvalue weighted by Gasteiger charge is -2.21. The minimum Gasteiger partial charge on any atom is -0.344 e. The summed E-state index contributed by atoms with van der Waals surface area (Å²) in [4.78, 5) is 23.9. The van der Waals surface area contributed by atoms with Gasteiger partial charge in [0.2, 0.25) is 16.9 Å². The average molecular weight is 413 g/mol. The van der Waals surface area contributed by atoms with Crippen LogP contribution in [-0.4, -0.2) is 27.3 Å². The first kappa shape index (κ1) is 20.0. The van der Waals surface area contributed by atoms with Crippen molar-refractivity contribution >= 4 is 40.0 Å². The van der Waals surface area contributed by atoms with Gasteiger partial charge in [0, 0.05) is 6.92 Å². The highest BCUT2D eigenvalue weighted by atomic mass is 32.2. The molecule has 0 saturated heterocycles. The number of carbonyl (C=O) groups excluding carboxylic acids is 2. The molecule has 2 aromatic carbocycles. The van der Waals surface area contributed by atoms with Gasteiger partial charge >= 0.3 is 0 Å². The molecule has 28 heavy (non-hydrogen) atoms. The van der Waals surface area contributed by atoms with E-state index in [1.165, 1.54) is 30.0 Å². The molecule has 0 aliphatic rings. The van der Waals surface area contributed by atoms with Gasteiger partial charge in [-0.05, 0) is 18.1 Å². The van der Waals surface area contributed by atoms with Gasteiger partial charge in [-0.15, -0.1) is 10.2 Å². The Bertz CT molecular complexity index is 892. The van der Waals surface area contributed by atoms with Crippen molar-refractivity contribution in [3.8, 4) is 0 Å². The molecular formula is C20H20N4O2S2. The van der Waals surface area contributed by atoms with Crippen molar-refractivity contribution in [2.75, 3.05) is 5.32 Å². The van der Waals surface area contributed by atoms with Crippen LogP contribution >= 0.6 is 23.1 Å². The summed E-state index contributed by atoms with van der Waals surface area (Å²) in [6, 6.07) is 19.5. The molecule has 6 nitrogen and oxygen atoms in total. The molecule has 1 heterocycles. The molecule has 0 saturated carbocycles. The third-order valence-electron chi connectivity index (χ3n) is 3.89. The van der Waals surface area contributed by atoms with Crippen LogP contribution in [0, 0.1) is 0 Å². The van der Waals surface area contributed by atoms with Crippen molar-refractivity contribution in [3.63, 3.8) is 0 Å². The number of rotatable bonds is 7. The number of benzene rings is 2. The molecule has 3 rings (SSSR count). The summed E-state index contributed by atoms with van der Waals surface area (Å²) in [5, 5.41) is 13.7. The molecule has 0 aliphatic heterocycles. The number of nitrogens with one attached hydrogen (secondary N) is 2. The summed E-state index contributed by atoms with van der Waals surface area (Å²) in [5.74, 6) is -0.300. The lowest BCUT2D eigenvalue weighted by atomic mass is 9.98. The van der Waals surface area contributed by atoms with E-state index in [0.717, 1.165) is 11.1 Å². The van der Waals surface area contributed by atoms with Gasteiger partial charge in [0.25, 0.3) is 0 Å². The number of carbonyl (C=O) groups is 2. The van der Waals surface area contributed by atoms with Gasteiger partial charge in [0.15, 0.2) is 4.34 Å². The van der Waals surface area contributed by atoms with Crippen LogP contribution in [-0.2, 0) is 9.59 Å². The van der Waals surface area contributed by atoms with Gasteiger partial charge in [-0.2, -0.15) is 0 Å². The third-order valence-corrected chi connectivity index (χ3v) is 5.91. The number of aromatic nitrogens is 2. The molecule has 2 amide bonds. The van der Waals surface area contributed by atoms with E-state index in [0.29, 0.717) is 9.47 Å². The second kappa shape index (κ2) is 9.48. The third kappa shape index (κ3) is 5.40. The fourth-order valence-corrected chi connectivity index (χ4v) is 4.52. The smallest absolute Gasteiger partial charge is 0.234 e. The van der Waals surface area contributed by atoms with Crippen molar-refractivity contribution in [1.29, 1.82) is 0 Å². The lowest BCUT2D eigenvalue weighted by molar-refractivity contribution is -0.120. The highest BCUT2D eigenvalue weighted by Gasteiger charge is 2.22. The van der Waals surface area contributed by atoms with Gasteiger partial charge in [0.05, 0.1) is 11.3 Å². The highest BCUT2D eigenvalue weighted by molar-refractivity contribution is 8.02. The summed E-state index contributed by atoms with van der Waals surface area (Å²) in [6.45, 7) is 3.24. The Balaban J connectivity index is 1.71. The Labute approximate surface area is 171 Å². The van der Waals surface area contributed by atoms with Crippen LogP contribution in [0.2, 0.25) is 0 Å². The first-order chi connectivity index (χ1) is 13.5. The minimum atomic E-state index is -0.368. The summed E-state index contributed by atoms with van der Waals surface area (Å²) in [5.41, 5.74) is 2.03. The number of hydrogen-bond acceptors (Lipinski definition) is 6. The topological polar surface area (TPSA) is 84.0 Å². The van der Waals surface area contributed by atoms with E-state index < -0.39 is 0 Å². The predicted molar refractivity (Wildman–Crippen MR) is 112 cm³/mol. The largest absolute Gasteiger partial charge is 0.344 e. The lowest BCUT2D eigenvalue weighted by Crippen LogP contribution is -2.34. The summed E-state index contributed by atoms with van der Waals surface area (Å²) >= 11 is 2.56. The standard InChI is InChI=1S/C20H20N4O2S2/c1-13(27-20-24-23-19(28-20)21-14(2)25)18(26)22-17(15-9-5-3-6-10-15)16-11-7-4-8-12-16/h3-13,17H,1-2H3,(H,22,26)(H,21,23,25). The van der Waals surface area contributed by atoms with E-state index >= 15 is 0 Å². The summed E-state index contributed by atoms with van der Waals surface area (Å²) in [6.07, 6.45) is 0. The SMILES string of the molecule is CC(=O)Nc1nnc(SC(C)C(=O)NC(c2ccccc2)c2ccccc2)s1. The molecule has 1 atom stereocenters. The number of anilines is 1. The molecule has 3 aromatic rings. The second-order valence-corrected chi connectivity index (χ2v) is 8.64. The minimum absolute atomic E-state index is 0.0982. The quantitative estimate of drug-likeness (QED) is 0.454. The van der Waals surface area contributed by atoms with Crippen LogP contribution in [0.3, 0.4) is 0 Å². The summed E-state index contributed by atoms with van der Waals surface area (Å²) in [7, 11) is 0. The van der Waals surface area contributed by atoms with Crippen LogP contribution in [0.5, 0.6) is 0 Å². The van der Waals surface area contributed by atoms with E-state index in [1.807, 2.05) is 67.6 Å². The molecule has 0 bridgehead atoms. The van der Waals surface area contributed by atoms with Crippen LogP contribution in [0.1, 0.15) is 31.0 Å². The number of nitrogens with zero attached hydrogens (tertiary/aromatic N) is 2. The zero-order chi connectivity index (χ0) is 19.9. The monoisotopic (exact) mass is 412 g/mol. The molecular weight excluding hydrogens is 392 g/mol. The maximum absolute atomic E-state index is 12.8. The van der Waals surface area contributed by atoms with Crippen molar-refractivity contribution in [2.24, 2.45) is 0 Å². The predicted octanol–water partition coefficient (Wildman–Crippen LogP) is 3.88. The Kier molecular flexibility index (Phi) is 6.78. The van der Waals surface area contributed by atoms with E-state index in [1.54, 1.807) is 0 Å². The van der Waals surface area contributed by atoms with Gasteiger partial charge in [-0.25, -0.2) is 0 Å². The van der Waals surface area contributed by atoms with Crippen LogP contribution in [0.4, 0.5) is 5.13 Å². The van der Waals surface area contributed by atoms with Crippen molar-refractivity contribution < 1.29 is 9.59 Å². The van der Waals surface area contributed by atoms with Gasteiger partial charge in [-0.1, -0.05) is 83.8 Å². The normalized spacial score (nSPS) is 11.8. The van der Waals surface area contributed by atoms with E-state index in [4.69, 9.17) is 0 Å². The molecule has 0 aliphatic carbocycles. The van der Waals surface area contributed by atoms with E-state index in [9.17, 15) is 9.59 Å². The van der Waals surface area contributed by atoms with Crippen molar-refractivity contribution in [3.05, 3.63) is 71.8 Å². The molecule has 1 unspecified atom stereocenters. The van der Waals surface area contributed by atoms with Crippen molar-refractivity contribution in [1.82, 2.24) is 15.5 Å². The molecule has 144 valence electrons. The Morgan fingerprint density at radius 2 is 1.54 bits per heavy atom. The zero-order valence-corrected chi connectivity index (χ0v) is 17.1. The highest BCUT2D eigenvalue weighted by Crippen LogP contribution is 2.30. The number of amides is 2. The van der Waals surface area contributed by atoms with Gasteiger partial charge in [-0.3, -0.25) is 9.59 Å². The Hall–Kier alpha value is -2.71. The average Bonchev–Trinajstić information content (AvgIpc) is 3.13. The summed E-state index contributed by atoms with van der Waals surface area (Å²) < 4.78 is 0.627. The molecule has 0 radical (unpaired) electrons. The molecule has 0 spiro atoms. The molecule has 0 fully saturated rings. The number of hydrogen-bond donors (Lipinski definition) is 2. The Morgan fingerprint density at radius 3 is 2.07 bits per heavy atom. The Morgan fingerprint density at radius 1 is 0.964 bits per heavy atom. The number of thioether (sulfide) groups is 1. The van der Waals surface area contributed by atoms with Gasteiger partial charge in [0.1, 0.15) is 0 Å². The van der Waals surface area contributed by atoms with E-state index in [2.05, 4.69) is 20.8 Å². The van der Waals surface area contributed by atoms with E-state index in [-0.39, 0.29) is 23.1 Å². The maximum atomic E-state index is 12.8. The van der Waals surface area contributed by atoms with Crippen LogP contribution in [0.15, 0.2) is 65.0 Å². The molecule has 1 aromatic heterocycles. The first-order valence-electron chi connectivity index (χ1n) is 8.71. The van der Waals surface area contributed by atoms with Crippen molar-refractivity contribution in [2.45, 2.75) is 29.5 Å². The fraction of sp³-hybridized carbons (Fsp3) is 0.200.